The third-order valence-corrected chi connectivity index (χ3v) is 2.93. The molecule has 0 saturated carbocycles. The Morgan fingerprint density at radius 3 is 2.77 bits per heavy atom. The zero-order valence-corrected chi connectivity index (χ0v) is 12.3. The molecule has 116 valence electrons. The summed E-state index contributed by atoms with van der Waals surface area (Å²) in [7, 11) is 0. The van der Waals surface area contributed by atoms with E-state index in [4.69, 9.17) is 0 Å². The van der Waals surface area contributed by atoms with E-state index in [9.17, 15) is 19.8 Å². The van der Waals surface area contributed by atoms with Gasteiger partial charge < -0.3 is 15.5 Å². The standard InChI is InChI=1S/C15H17N3O4/c1-9-4-3-5-11(6-9)18-13(21)7-12(20)14(17-18)15(22)16-8-10(2)19/h3-7,10,19-20H,8H2,1-2H3,(H,16,22). The van der Waals surface area contributed by atoms with Crippen molar-refractivity contribution in [2.24, 2.45) is 0 Å². The summed E-state index contributed by atoms with van der Waals surface area (Å²) < 4.78 is 1.05. The van der Waals surface area contributed by atoms with Crippen molar-refractivity contribution in [3.63, 3.8) is 0 Å². The Morgan fingerprint density at radius 2 is 2.14 bits per heavy atom. The fraction of sp³-hybridized carbons (Fsp3) is 0.267. The molecule has 1 aromatic carbocycles. The molecule has 2 rings (SSSR count). The third-order valence-electron chi connectivity index (χ3n) is 2.93. The number of aromatic nitrogens is 2. The smallest absolute Gasteiger partial charge is 0.275 e. The lowest BCUT2D eigenvalue weighted by molar-refractivity contribution is 0.0914. The van der Waals surface area contributed by atoms with Gasteiger partial charge in [-0.2, -0.15) is 9.78 Å². The summed E-state index contributed by atoms with van der Waals surface area (Å²) >= 11 is 0. The molecule has 2 aromatic rings. The quantitative estimate of drug-likeness (QED) is 0.756. The van der Waals surface area contributed by atoms with Gasteiger partial charge in [0.15, 0.2) is 11.4 Å². The van der Waals surface area contributed by atoms with Gasteiger partial charge in [-0.05, 0) is 31.5 Å². The molecular formula is C15H17N3O4. The number of nitrogens with one attached hydrogen (secondary N) is 1. The number of nitrogens with zero attached hydrogens (tertiary/aromatic N) is 2. The van der Waals surface area contributed by atoms with Crippen molar-refractivity contribution in [2.75, 3.05) is 6.54 Å². The van der Waals surface area contributed by atoms with Crippen LogP contribution in [0.25, 0.3) is 5.69 Å². The summed E-state index contributed by atoms with van der Waals surface area (Å²) in [4.78, 5) is 23.9. The van der Waals surface area contributed by atoms with Crippen LogP contribution in [0.15, 0.2) is 35.1 Å². The number of benzene rings is 1. The molecule has 1 aromatic heterocycles. The molecule has 0 aliphatic carbocycles. The van der Waals surface area contributed by atoms with Crippen LogP contribution in [0.4, 0.5) is 0 Å². The van der Waals surface area contributed by atoms with Crippen molar-refractivity contribution in [3.8, 4) is 11.4 Å². The molecule has 7 nitrogen and oxygen atoms in total. The van der Waals surface area contributed by atoms with E-state index >= 15 is 0 Å². The summed E-state index contributed by atoms with van der Waals surface area (Å²) in [5, 5.41) is 25.3. The largest absolute Gasteiger partial charge is 0.505 e. The van der Waals surface area contributed by atoms with Gasteiger partial charge in [-0.15, -0.1) is 0 Å². The first-order valence-corrected chi connectivity index (χ1v) is 6.75. The highest BCUT2D eigenvalue weighted by Gasteiger charge is 2.17. The van der Waals surface area contributed by atoms with Gasteiger partial charge in [-0.25, -0.2) is 0 Å². The summed E-state index contributed by atoms with van der Waals surface area (Å²) in [6.07, 6.45) is -0.728. The molecule has 3 N–H and O–H groups in total. The Kier molecular flexibility index (Phi) is 4.57. The molecule has 1 amide bonds. The topological polar surface area (TPSA) is 104 Å². The molecule has 0 spiro atoms. The summed E-state index contributed by atoms with van der Waals surface area (Å²) in [6, 6.07) is 7.98. The molecule has 1 heterocycles. The average Bonchev–Trinajstić information content (AvgIpc) is 2.44. The molecule has 0 fully saturated rings. The monoisotopic (exact) mass is 303 g/mol. The molecule has 22 heavy (non-hydrogen) atoms. The van der Waals surface area contributed by atoms with Crippen molar-refractivity contribution in [1.29, 1.82) is 0 Å². The van der Waals surface area contributed by atoms with Crippen LogP contribution in [0.5, 0.6) is 5.75 Å². The number of aryl methyl sites for hydroxylation is 1. The van der Waals surface area contributed by atoms with Gasteiger partial charge in [0, 0.05) is 12.6 Å². The maximum absolute atomic E-state index is 12.0. The SMILES string of the molecule is Cc1cccc(-n2nc(C(=O)NCC(C)O)c(O)cc2=O)c1. The average molecular weight is 303 g/mol. The molecule has 0 saturated heterocycles. The summed E-state index contributed by atoms with van der Waals surface area (Å²) in [6.45, 7) is 3.40. The summed E-state index contributed by atoms with van der Waals surface area (Å²) in [5.74, 6) is -1.17. The van der Waals surface area contributed by atoms with Crippen LogP contribution in [0.3, 0.4) is 0 Å². The number of carbonyl (C=O) groups is 1. The lowest BCUT2D eigenvalue weighted by Crippen LogP contribution is -2.33. The zero-order valence-electron chi connectivity index (χ0n) is 12.3. The Hall–Kier alpha value is -2.67. The van der Waals surface area contributed by atoms with Gasteiger partial charge in [-0.1, -0.05) is 12.1 Å². The normalized spacial score (nSPS) is 12.0. The van der Waals surface area contributed by atoms with Crippen LogP contribution in [0.2, 0.25) is 0 Å². The van der Waals surface area contributed by atoms with Crippen LogP contribution in [-0.2, 0) is 0 Å². The van der Waals surface area contributed by atoms with Gasteiger partial charge >= 0.3 is 0 Å². The number of rotatable bonds is 4. The molecule has 1 atom stereocenters. The third kappa shape index (κ3) is 3.50. The van der Waals surface area contributed by atoms with E-state index in [0.717, 1.165) is 16.3 Å². The van der Waals surface area contributed by atoms with Crippen LogP contribution < -0.4 is 10.9 Å². The molecule has 7 heteroatoms. The minimum Gasteiger partial charge on any atom is -0.505 e. The van der Waals surface area contributed by atoms with Gasteiger partial charge in [0.1, 0.15) is 0 Å². The van der Waals surface area contributed by atoms with Crippen LogP contribution in [0, 0.1) is 6.92 Å². The van der Waals surface area contributed by atoms with Crippen LogP contribution in [0.1, 0.15) is 23.0 Å². The fourth-order valence-corrected chi connectivity index (χ4v) is 1.88. The molecule has 0 aliphatic rings. The van der Waals surface area contributed by atoms with Gasteiger partial charge in [0.05, 0.1) is 11.8 Å². The van der Waals surface area contributed by atoms with Crippen molar-refractivity contribution in [2.45, 2.75) is 20.0 Å². The Bertz CT molecular complexity index is 753. The van der Waals surface area contributed by atoms with E-state index in [0.29, 0.717) is 5.69 Å². The molecule has 0 radical (unpaired) electrons. The maximum atomic E-state index is 12.0. The maximum Gasteiger partial charge on any atom is 0.275 e. The van der Waals surface area contributed by atoms with E-state index in [1.54, 1.807) is 18.2 Å². The Labute approximate surface area is 126 Å². The Balaban J connectivity index is 2.43. The highest BCUT2D eigenvalue weighted by molar-refractivity contribution is 5.94. The van der Waals surface area contributed by atoms with Crippen LogP contribution in [-0.4, -0.2) is 38.5 Å². The zero-order chi connectivity index (χ0) is 16.3. The number of carbonyl (C=O) groups excluding carboxylic acids is 1. The van der Waals surface area contributed by atoms with E-state index in [-0.39, 0.29) is 12.2 Å². The second kappa shape index (κ2) is 6.40. The first kappa shape index (κ1) is 15.7. The van der Waals surface area contributed by atoms with Gasteiger partial charge in [0.2, 0.25) is 0 Å². The Morgan fingerprint density at radius 1 is 1.41 bits per heavy atom. The number of amides is 1. The van der Waals surface area contributed by atoms with E-state index in [1.807, 2.05) is 13.0 Å². The first-order valence-electron chi connectivity index (χ1n) is 6.75. The lowest BCUT2D eigenvalue weighted by atomic mass is 10.2. The van der Waals surface area contributed by atoms with Crippen molar-refractivity contribution in [3.05, 3.63) is 51.9 Å². The molecule has 1 unspecified atom stereocenters. The van der Waals surface area contributed by atoms with Gasteiger partial charge in [0.25, 0.3) is 11.5 Å². The second-order valence-corrected chi connectivity index (χ2v) is 5.03. The van der Waals surface area contributed by atoms with Crippen molar-refractivity contribution in [1.82, 2.24) is 15.1 Å². The highest BCUT2D eigenvalue weighted by atomic mass is 16.3. The van der Waals surface area contributed by atoms with Crippen LogP contribution >= 0.6 is 0 Å². The fourth-order valence-electron chi connectivity index (χ4n) is 1.88. The number of aliphatic hydroxyl groups excluding tert-OH is 1. The number of hydrogen-bond donors (Lipinski definition) is 3. The van der Waals surface area contributed by atoms with Crippen molar-refractivity contribution < 1.29 is 15.0 Å². The molecule has 0 bridgehead atoms. The lowest BCUT2D eigenvalue weighted by Gasteiger charge is -2.10. The predicted molar refractivity (Wildman–Crippen MR) is 80.2 cm³/mol. The van der Waals surface area contributed by atoms with E-state index < -0.39 is 23.3 Å². The highest BCUT2D eigenvalue weighted by Crippen LogP contribution is 2.13. The first-order chi connectivity index (χ1) is 10.4. The second-order valence-electron chi connectivity index (χ2n) is 5.03. The molecular weight excluding hydrogens is 286 g/mol. The number of aliphatic hydroxyl groups is 1. The minimum atomic E-state index is -0.728. The summed E-state index contributed by atoms with van der Waals surface area (Å²) in [5.41, 5.74) is 0.603. The van der Waals surface area contributed by atoms with Crippen molar-refractivity contribution >= 4 is 5.91 Å². The predicted octanol–water partition coefficient (Wildman–Crippen LogP) is 0.357. The number of aromatic hydroxyl groups is 1. The minimum absolute atomic E-state index is 0.0174. The van der Waals surface area contributed by atoms with Gasteiger partial charge in [-0.3, -0.25) is 9.59 Å². The van der Waals surface area contributed by atoms with E-state index in [1.165, 1.54) is 6.92 Å². The van der Waals surface area contributed by atoms with E-state index in [2.05, 4.69) is 10.4 Å². The number of hydrogen-bond acceptors (Lipinski definition) is 5. The molecule has 0 aliphatic heterocycles.